The molecule has 0 spiro atoms. The predicted molar refractivity (Wildman–Crippen MR) is 106 cm³/mol. The summed E-state index contributed by atoms with van der Waals surface area (Å²) in [4.78, 5) is 35.9. The molecular formula is C21H25N3O3. The molecule has 0 atom stereocenters. The lowest BCUT2D eigenvalue weighted by Gasteiger charge is -2.11. The fourth-order valence-corrected chi connectivity index (χ4v) is 2.62. The van der Waals surface area contributed by atoms with Gasteiger partial charge in [0.15, 0.2) is 0 Å². The molecule has 2 aromatic rings. The minimum atomic E-state index is -0.293. The standard InChI is InChI=1S/C21H25N3O3/c1-3-16-9-5-7-11-18(16)24-20(26)14-23-19(25)12-13-22-21(27)17-10-6-4-8-15(17)2/h4-11H,3,12-14H2,1-2H3,(H,22,27)(H,23,25)(H,24,26). The minimum absolute atomic E-state index is 0.108. The summed E-state index contributed by atoms with van der Waals surface area (Å²) in [6.07, 6.45) is 0.917. The van der Waals surface area contributed by atoms with Crippen LogP contribution in [0.5, 0.6) is 0 Å². The topological polar surface area (TPSA) is 87.3 Å². The summed E-state index contributed by atoms with van der Waals surface area (Å²) in [5, 5.41) is 8.07. The minimum Gasteiger partial charge on any atom is -0.352 e. The van der Waals surface area contributed by atoms with E-state index in [2.05, 4.69) is 16.0 Å². The molecule has 142 valence electrons. The van der Waals surface area contributed by atoms with Gasteiger partial charge in [-0.1, -0.05) is 43.3 Å². The molecule has 0 bridgehead atoms. The molecule has 3 amide bonds. The maximum Gasteiger partial charge on any atom is 0.251 e. The van der Waals surface area contributed by atoms with Crippen LogP contribution in [0.15, 0.2) is 48.5 Å². The van der Waals surface area contributed by atoms with Crippen LogP contribution in [0.1, 0.15) is 34.8 Å². The van der Waals surface area contributed by atoms with Crippen LogP contribution in [0.3, 0.4) is 0 Å². The molecule has 0 fully saturated rings. The highest BCUT2D eigenvalue weighted by Gasteiger charge is 2.10. The number of hydrogen-bond acceptors (Lipinski definition) is 3. The molecule has 0 aliphatic carbocycles. The van der Waals surface area contributed by atoms with Crippen LogP contribution in [-0.2, 0) is 16.0 Å². The Kier molecular flexibility index (Phi) is 7.55. The van der Waals surface area contributed by atoms with Gasteiger partial charge in [0.1, 0.15) is 0 Å². The molecule has 0 aliphatic rings. The first-order valence-electron chi connectivity index (χ1n) is 8.99. The van der Waals surface area contributed by atoms with E-state index < -0.39 is 0 Å². The Labute approximate surface area is 159 Å². The summed E-state index contributed by atoms with van der Waals surface area (Å²) in [5.74, 6) is -0.790. The number of aryl methyl sites for hydroxylation is 2. The molecule has 2 aromatic carbocycles. The predicted octanol–water partition coefficient (Wildman–Crippen LogP) is 2.43. The highest BCUT2D eigenvalue weighted by atomic mass is 16.2. The van der Waals surface area contributed by atoms with Crippen molar-refractivity contribution in [2.24, 2.45) is 0 Å². The van der Waals surface area contributed by atoms with Gasteiger partial charge >= 0.3 is 0 Å². The van der Waals surface area contributed by atoms with Gasteiger partial charge in [0.05, 0.1) is 6.54 Å². The number of amides is 3. The van der Waals surface area contributed by atoms with E-state index in [1.54, 1.807) is 12.1 Å². The number of nitrogens with one attached hydrogen (secondary N) is 3. The normalized spacial score (nSPS) is 10.1. The Morgan fingerprint density at radius 1 is 0.889 bits per heavy atom. The summed E-state index contributed by atoms with van der Waals surface area (Å²) in [6.45, 7) is 3.97. The van der Waals surface area contributed by atoms with Gasteiger partial charge in [-0.2, -0.15) is 0 Å². The van der Waals surface area contributed by atoms with Gasteiger partial charge in [-0.25, -0.2) is 0 Å². The lowest BCUT2D eigenvalue weighted by atomic mass is 10.1. The second kappa shape index (κ2) is 10.1. The Hall–Kier alpha value is -3.15. The number of carbonyl (C=O) groups is 3. The van der Waals surface area contributed by atoms with Gasteiger partial charge in [0.2, 0.25) is 11.8 Å². The smallest absolute Gasteiger partial charge is 0.251 e. The third kappa shape index (κ3) is 6.26. The van der Waals surface area contributed by atoms with Crippen molar-refractivity contribution in [2.75, 3.05) is 18.4 Å². The van der Waals surface area contributed by atoms with E-state index in [1.807, 2.05) is 50.2 Å². The molecule has 0 radical (unpaired) electrons. The van der Waals surface area contributed by atoms with Crippen LogP contribution in [0, 0.1) is 6.92 Å². The molecular weight excluding hydrogens is 342 g/mol. The average Bonchev–Trinajstić information content (AvgIpc) is 2.67. The Balaban J connectivity index is 1.71. The maximum atomic E-state index is 12.1. The van der Waals surface area contributed by atoms with Gasteiger partial charge < -0.3 is 16.0 Å². The number of para-hydroxylation sites is 1. The molecule has 6 heteroatoms. The second-order valence-electron chi connectivity index (χ2n) is 6.16. The first-order chi connectivity index (χ1) is 13.0. The van der Waals surface area contributed by atoms with Crippen LogP contribution in [0.4, 0.5) is 5.69 Å². The van der Waals surface area contributed by atoms with E-state index in [-0.39, 0.29) is 37.2 Å². The van der Waals surface area contributed by atoms with Crippen molar-refractivity contribution >= 4 is 23.4 Å². The van der Waals surface area contributed by atoms with Crippen molar-refractivity contribution < 1.29 is 14.4 Å². The number of anilines is 1. The van der Waals surface area contributed by atoms with E-state index in [9.17, 15) is 14.4 Å². The molecule has 6 nitrogen and oxygen atoms in total. The van der Waals surface area contributed by atoms with Crippen molar-refractivity contribution in [1.82, 2.24) is 10.6 Å². The van der Waals surface area contributed by atoms with Crippen molar-refractivity contribution in [3.63, 3.8) is 0 Å². The highest BCUT2D eigenvalue weighted by Crippen LogP contribution is 2.14. The Morgan fingerprint density at radius 2 is 1.59 bits per heavy atom. The van der Waals surface area contributed by atoms with Gasteiger partial charge in [0.25, 0.3) is 5.91 Å². The average molecular weight is 367 g/mol. The lowest BCUT2D eigenvalue weighted by molar-refractivity contribution is -0.124. The molecule has 0 saturated heterocycles. The van der Waals surface area contributed by atoms with Crippen LogP contribution in [0.2, 0.25) is 0 Å². The van der Waals surface area contributed by atoms with Crippen molar-refractivity contribution in [3.8, 4) is 0 Å². The number of benzene rings is 2. The van der Waals surface area contributed by atoms with Crippen LogP contribution in [-0.4, -0.2) is 30.8 Å². The molecule has 0 aliphatic heterocycles. The lowest BCUT2D eigenvalue weighted by Crippen LogP contribution is -2.35. The van der Waals surface area contributed by atoms with Gasteiger partial charge in [0, 0.05) is 24.2 Å². The first-order valence-corrected chi connectivity index (χ1v) is 8.99. The zero-order valence-corrected chi connectivity index (χ0v) is 15.7. The van der Waals surface area contributed by atoms with E-state index in [1.165, 1.54) is 0 Å². The Morgan fingerprint density at radius 3 is 2.33 bits per heavy atom. The van der Waals surface area contributed by atoms with Gasteiger partial charge in [-0.3, -0.25) is 14.4 Å². The van der Waals surface area contributed by atoms with Crippen LogP contribution < -0.4 is 16.0 Å². The quantitative estimate of drug-likeness (QED) is 0.670. The van der Waals surface area contributed by atoms with Gasteiger partial charge in [-0.05, 0) is 36.6 Å². The molecule has 27 heavy (non-hydrogen) atoms. The summed E-state index contributed by atoms with van der Waals surface area (Å²) in [6, 6.07) is 14.8. The van der Waals surface area contributed by atoms with Crippen molar-refractivity contribution in [2.45, 2.75) is 26.7 Å². The van der Waals surface area contributed by atoms with E-state index >= 15 is 0 Å². The third-order valence-corrected chi connectivity index (χ3v) is 4.15. The molecule has 0 heterocycles. The zero-order chi connectivity index (χ0) is 19.6. The van der Waals surface area contributed by atoms with Crippen molar-refractivity contribution in [3.05, 3.63) is 65.2 Å². The first kappa shape index (κ1) is 20.2. The monoisotopic (exact) mass is 367 g/mol. The highest BCUT2D eigenvalue weighted by molar-refractivity contribution is 5.96. The summed E-state index contributed by atoms with van der Waals surface area (Å²) < 4.78 is 0. The van der Waals surface area contributed by atoms with E-state index in [0.29, 0.717) is 5.56 Å². The van der Waals surface area contributed by atoms with Crippen LogP contribution in [0.25, 0.3) is 0 Å². The summed E-state index contributed by atoms with van der Waals surface area (Å²) in [7, 11) is 0. The maximum absolute atomic E-state index is 12.1. The molecule has 0 aromatic heterocycles. The van der Waals surface area contributed by atoms with E-state index in [0.717, 1.165) is 23.2 Å². The molecule has 0 saturated carbocycles. The summed E-state index contributed by atoms with van der Waals surface area (Å²) >= 11 is 0. The SMILES string of the molecule is CCc1ccccc1NC(=O)CNC(=O)CCNC(=O)c1ccccc1C. The third-order valence-electron chi connectivity index (χ3n) is 4.15. The van der Waals surface area contributed by atoms with Crippen LogP contribution >= 0.6 is 0 Å². The Bertz CT molecular complexity index is 818. The summed E-state index contributed by atoms with van der Waals surface area (Å²) in [5.41, 5.74) is 3.26. The second-order valence-corrected chi connectivity index (χ2v) is 6.16. The molecule has 2 rings (SSSR count). The fourth-order valence-electron chi connectivity index (χ4n) is 2.62. The van der Waals surface area contributed by atoms with Gasteiger partial charge in [-0.15, -0.1) is 0 Å². The fraction of sp³-hybridized carbons (Fsp3) is 0.286. The number of carbonyl (C=O) groups excluding carboxylic acids is 3. The van der Waals surface area contributed by atoms with Crippen molar-refractivity contribution in [1.29, 1.82) is 0 Å². The number of rotatable bonds is 8. The number of hydrogen-bond donors (Lipinski definition) is 3. The molecule has 0 unspecified atom stereocenters. The molecule has 3 N–H and O–H groups in total. The largest absolute Gasteiger partial charge is 0.352 e. The van der Waals surface area contributed by atoms with E-state index in [4.69, 9.17) is 0 Å². The zero-order valence-electron chi connectivity index (χ0n) is 15.7.